The molecule has 0 aliphatic rings. The molecular weight excluding hydrogens is 204 g/mol. The molecule has 0 spiro atoms. The Labute approximate surface area is 73.1 Å². The standard InChI is InChI=1S/C6H5F2NO3S/c7-4-2-1-3-5(8)6(4)9-13(10,11)12/h1-3,9H,(H,10,11,12). The Balaban J connectivity index is 3.15. The highest BCUT2D eigenvalue weighted by Crippen LogP contribution is 2.18. The van der Waals surface area contributed by atoms with Crippen LogP contribution in [0.4, 0.5) is 14.5 Å². The molecule has 7 heteroatoms. The highest BCUT2D eigenvalue weighted by Gasteiger charge is 2.13. The van der Waals surface area contributed by atoms with Gasteiger partial charge in [-0.2, -0.15) is 8.42 Å². The Morgan fingerprint density at radius 2 is 1.69 bits per heavy atom. The summed E-state index contributed by atoms with van der Waals surface area (Å²) in [6, 6.07) is 2.78. The number of para-hydroxylation sites is 1. The molecule has 0 radical (unpaired) electrons. The van der Waals surface area contributed by atoms with E-state index in [2.05, 4.69) is 0 Å². The van der Waals surface area contributed by atoms with Gasteiger partial charge in [0.25, 0.3) is 0 Å². The maximum absolute atomic E-state index is 12.7. The number of nitrogens with one attached hydrogen (secondary N) is 1. The van der Waals surface area contributed by atoms with E-state index in [9.17, 15) is 17.2 Å². The van der Waals surface area contributed by atoms with Gasteiger partial charge in [-0.05, 0) is 12.1 Å². The second kappa shape index (κ2) is 3.27. The first-order valence-electron chi connectivity index (χ1n) is 3.09. The predicted octanol–water partition coefficient (Wildman–Crippen LogP) is 1.18. The zero-order valence-electron chi connectivity index (χ0n) is 6.16. The summed E-state index contributed by atoms with van der Waals surface area (Å²) in [5.41, 5.74) is -0.898. The normalized spacial score (nSPS) is 11.3. The zero-order chi connectivity index (χ0) is 10.1. The first-order valence-corrected chi connectivity index (χ1v) is 4.53. The summed E-state index contributed by atoms with van der Waals surface area (Å²) in [6.07, 6.45) is 0. The van der Waals surface area contributed by atoms with E-state index in [0.717, 1.165) is 18.2 Å². The molecule has 0 unspecified atom stereocenters. The molecule has 13 heavy (non-hydrogen) atoms. The van der Waals surface area contributed by atoms with E-state index in [0.29, 0.717) is 0 Å². The minimum atomic E-state index is -4.65. The molecular formula is C6H5F2NO3S. The van der Waals surface area contributed by atoms with Gasteiger partial charge < -0.3 is 0 Å². The minimum Gasteiger partial charge on any atom is -0.269 e. The molecule has 0 heterocycles. The number of hydrogen-bond donors (Lipinski definition) is 2. The summed E-state index contributed by atoms with van der Waals surface area (Å²) in [5, 5.41) is 0. The van der Waals surface area contributed by atoms with Gasteiger partial charge in [0.2, 0.25) is 0 Å². The van der Waals surface area contributed by atoms with Crippen molar-refractivity contribution in [2.75, 3.05) is 4.72 Å². The van der Waals surface area contributed by atoms with Crippen LogP contribution in [0.5, 0.6) is 0 Å². The van der Waals surface area contributed by atoms with Crippen molar-refractivity contribution in [1.29, 1.82) is 0 Å². The Kier molecular flexibility index (Phi) is 2.48. The van der Waals surface area contributed by atoms with E-state index in [1.165, 1.54) is 4.72 Å². The Morgan fingerprint density at radius 3 is 2.08 bits per heavy atom. The van der Waals surface area contributed by atoms with Gasteiger partial charge in [-0.25, -0.2) is 8.78 Å². The second-order valence-corrected chi connectivity index (χ2v) is 3.33. The molecule has 4 nitrogen and oxygen atoms in total. The van der Waals surface area contributed by atoms with Gasteiger partial charge in [0.1, 0.15) is 17.3 Å². The lowest BCUT2D eigenvalue weighted by Crippen LogP contribution is -2.12. The number of rotatable bonds is 2. The highest BCUT2D eigenvalue weighted by atomic mass is 32.2. The number of halogens is 2. The molecule has 1 rings (SSSR count). The number of anilines is 1. The second-order valence-electron chi connectivity index (χ2n) is 2.17. The largest absolute Gasteiger partial charge is 0.357 e. The molecule has 0 aliphatic carbocycles. The molecule has 1 aromatic rings. The summed E-state index contributed by atoms with van der Waals surface area (Å²) >= 11 is 0. The van der Waals surface area contributed by atoms with Gasteiger partial charge in [0.15, 0.2) is 0 Å². The molecule has 0 atom stereocenters. The molecule has 0 aromatic heterocycles. The van der Waals surface area contributed by atoms with Crippen LogP contribution in [0.25, 0.3) is 0 Å². The van der Waals surface area contributed by atoms with Crippen LogP contribution in [0.2, 0.25) is 0 Å². The van der Waals surface area contributed by atoms with Crippen molar-refractivity contribution < 1.29 is 21.8 Å². The van der Waals surface area contributed by atoms with Gasteiger partial charge in [-0.1, -0.05) is 6.07 Å². The van der Waals surface area contributed by atoms with Crippen LogP contribution in [0.3, 0.4) is 0 Å². The molecule has 1 aromatic carbocycles. The molecule has 72 valence electrons. The van der Waals surface area contributed by atoms with Crippen molar-refractivity contribution in [2.24, 2.45) is 0 Å². The summed E-state index contributed by atoms with van der Waals surface area (Å²) in [4.78, 5) is 0. The van der Waals surface area contributed by atoms with Crippen molar-refractivity contribution >= 4 is 16.0 Å². The number of hydrogen-bond acceptors (Lipinski definition) is 2. The van der Waals surface area contributed by atoms with E-state index in [1.807, 2.05) is 0 Å². The third-order valence-electron chi connectivity index (χ3n) is 1.19. The summed E-state index contributed by atoms with van der Waals surface area (Å²) in [6.45, 7) is 0. The molecule has 0 saturated carbocycles. The minimum absolute atomic E-state index is 0.858. The Hall–Kier alpha value is -1.21. The Morgan fingerprint density at radius 1 is 1.23 bits per heavy atom. The van der Waals surface area contributed by atoms with Crippen LogP contribution < -0.4 is 4.72 Å². The lowest BCUT2D eigenvalue weighted by Gasteiger charge is -2.04. The first-order chi connectivity index (χ1) is 5.90. The first kappa shape index (κ1) is 9.87. The van der Waals surface area contributed by atoms with Crippen LogP contribution in [0, 0.1) is 11.6 Å². The van der Waals surface area contributed by atoms with Crippen molar-refractivity contribution in [3.63, 3.8) is 0 Å². The lowest BCUT2D eigenvalue weighted by atomic mass is 10.3. The van der Waals surface area contributed by atoms with E-state index in [1.54, 1.807) is 0 Å². The molecule has 0 amide bonds. The molecule has 2 N–H and O–H groups in total. The average molecular weight is 209 g/mol. The predicted molar refractivity (Wildman–Crippen MR) is 41.5 cm³/mol. The van der Waals surface area contributed by atoms with Crippen LogP contribution in [-0.2, 0) is 10.3 Å². The Bertz CT molecular complexity index is 398. The van der Waals surface area contributed by atoms with Crippen molar-refractivity contribution in [3.05, 3.63) is 29.8 Å². The summed E-state index contributed by atoms with van der Waals surface area (Å²) in [5.74, 6) is -2.20. The van der Waals surface area contributed by atoms with Crippen LogP contribution in [-0.4, -0.2) is 13.0 Å². The highest BCUT2D eigenvalue weighted by molar-refractivity contribution is 7.87. The van der Waals surface area contributed by atoms with E-state index in [-0.39, 0.29) is 0 Å². The molecule has 0 bridgehead atoms. The van der Waals surface area contributed by atoms with Crippen LogP contribution in [0.1, 0.15) is 0 Å². The topological polar surface area (TPSA) is 66.4 Å². The SMILES string of the molecule is O=S(=O)(O)Nc1c(F)cccc1F. The molecule has 0 saturated heterocycles. The van der Waals surface area contributed by atoms with Gasteiger partial charge in [0, 0.05) is 0 Å². The molecule has 0 fully saturated rings. The van der Waals surface area contributed by atoms with Crippen LogP contribution >= 0.6 is 0 Å². The van der Waals surface area contributed by atoms with Crippen molar-refractivity contribution in [2.45, 2.75) is 0 Å². The van der Waals surface area contributed by atoms with Gasteiger partial charge >= 0.3 is 10.3 Å². The molecule has 0 aliphatic heterocycles. The lowest BCUT2D eigenvalue weighted by molar-refractivity contribution is 0.488. The quantitative estimate of drug-likeness (QED) is 0.718. The smallest absolute Gasteiger partial charge is 0.269 e. The van der Waals surface area contributed by atoms with Gasteiger partial charge in [-0.15, -0.1) is 0 Å². The zero-order valence-corrected chi connectivity index (χ0v) is 6.98. The average Bonchev–Trinajstić information content (AvgIpc) is 1.95. The summed E-state index contributed by atoms with van der Waals surface area (Å²) in [7, 11) is -4.65. The van der Waals surface area contributed by atoms with Crippen molar-refractivity contribution in [3.8, 4) is 0 Å². The maximum Gasteiger partial charge on any atom is 0.357 e. The third-order valence-corrected chi connectivity index (χ3v) is 1.66. The van der Waals surface area contributed by atoms with E-state index >= 15 is 0 Å². The summed E-state index contributed by atoms with van der Waals surface area (Å²) < 4.78 is 55.4. The van der Waals surface area contributed by atoms with E-state index in [4.69, 9.17) is 4.55 Å². The maximum atomic E-state index is 12.7. The fourth-order valence-electron chi connectivity index (χ4n) is 0.724. The van der Waals surface area contributed by atoms with E-state index < -0.39 is 27.6 Å². The van der Waals surface area contributed by atoms with Gasteiger partial charge in [-0.3, -0.25) is 9.27 Å². The monoisotopic (exact) mass is 209 g/mol. The fraction of sp³-hybridized carbons (Fsp3) is 0. The van der Waals surface area contributed by atoms with Gasteiger partial charge in [0.05, 0.1) is 0 Å². The number of benzene rings is 1. The fourth-order valence-corrected chi connectivity index (χ4v) is 1.18. The van der Waals surface area contributed by atoms with Crippen molar-refractivity contribution in [1.82, 2.24) is 0 Å². The third kappa shape index (κ3) is 2.63. The van der Waals surface area contributed by atoms with Crippen LogP contribution in [0.15, 0.2) is 18.2 Å².